The molecule has 1 atom stereocenters. The fraction of sp³-hybridized carbons (Fsp3) is 0.292. The molecule has 3 aromatic rings. The van der Waals surface area contributed by atoms with Crippen molar-refractivity contribution in [3.8, 4) is 11.5 Å². The van der Waals surface area contributed by atoms with Gasteiger partial charge in [0.2, 0.25) is 6.79 Å². The molecule has 2 aliphatic rings. The third-order valence-corrected chi connectivity index (χ3v) is 7.44. The summed E-state index contributed by atoms with van der Waals surface area (Å²) in [7, 11) is 1.57. The molecular formula is C24H23N3O5S2. The highest BCUT2D eigenvalue weighted by Gasteiger charge is 2.35. The third-order valence-electron chi connectivity index (χ3n) is 5.66. The summed E-state index contributed by atoms with van der Waals surface area (Å²) in [6.45, 7) is 0.730. The van der Waals surface area contributed by atoms with Crippen LogP contribution in [0.3, 0.4) is 0 Å². The van der Waals surface area contributed by atoms with Gasteiger partial charge in [-0.15, -0.1) is 22.7 Å². The molecule has 2 amide bonds. The van der Waals surface area contributed by atoms with Crippen LogP contribution in [0.2, 0.25) is 0 Å². The van der Waals surface area contributed by atoms with Gasteiger partial charge in [-0.05, 0) is 40.6 Å². The highest BCUT2D eigenvalue weighted by Crippen LogP contribution is 2.39. The lowest BCUT2D eigenvalue weighted by atomic mass is 10.0. The molecule has 0 fully saturated rings. The molecule has 8 nitrogen and oxygen atoms in total. The predicted molar refractivity (Wildman–Crippen MR) is 130 cm³/mol. The molecular weight excluding hydrogens is 474 g/mol. The maximum absolute atomic E-state index is 13.6. The zero-order valence-corrected chi connectivity index (χ0v) is 20.1. The van der Waals surface area contributed by atoms with Gasteiger partial charge in [-0.1, -0.05) is 18.2 Å². The highest BCUT2D eigenvalue weighted by molar-refractivity contribution is 7.12. The van der Waals surface area contributed by atoms with Gasteiger partial charge in [0.15, 0.2) is 11.5 Å². The molecule has 34 heavy (non-hydrogen) atoms. The van der Waals surface area contributed by atoms with Crippen LogP contribution >= 0.6 is 22.7 Å². The minimum atomic E-state index is -0.305. The summed E-state index contributed by atoms with van der Waals surface area (Å²) in [6, 6.07) is 12.9. The minimum Gasteiger partial charge on any atom is -0.454 e. The van der Waals surface area contributed by atoms with E-state index in [9.17, 15) is 9.59 Å². The Morgan fingerprint density at radius 3 is 2.74 bits per heavy atom. The standard InChI is InChI=1S/C24H23N3O5S2/c1-30-9-8-26(24(29)22-5-3-11-34-22)14-23(28)27-18(13-17(25-27)21-4-2-10-33-21)16-6-7-19-20(12-16)32-15-31-19/h2-7,10-12,18H,8-9,13-15H2,1H3/t18-/m1/s1. The van der Waals surface area contributed by atoms with Crippen LogP contribution in [0.25, 0.3) is 0 Å². The normalized spacial score (nSPS) is 16.6. The van der Waals surface area contributed by atoms with Crippen LogP contribution in [0.15, 0.2) is 58.3 Å². The van der Waals surface area contributed by atoms with Crippen molar-refractivity contribution < 1.29 is 23.8 Å². The number of rotatable bonds is 8. The molecule has 176 valence electrons. The van der Waals surface area contributed by atoms with Gasteiger partial charge in [-0.3, -0.25) is 9.59 Å². The number of hydrogen-bond donors (Lipinski definition) is 0. The number of amides is 2. The third kappa shape index (κ3) is 4.56. The minimum absolute atomic E-state index is 0.0949. The predicted octanol–water partition coefficient (Wildman–Crippen LogP) is 4.00. The van der Waals surface area contributed by atoms with Gasteiger partial charge in [0.1, 0.15) is 6.54 Å². The van der Waals surface area contributed by atoms with Crippen LogP contribution in [-0.2, 0) is 9.53 Å². The quantitative estimate of drug-likeness (QED) is 0.470. The van der Waals surface area contributed by atoms with Crippen LogP contribution in [0.5, 0.6) is 11.5 Å². The van der Waals surface area contributed by atoms with Crippen molar-refractivity contribution in [3.63, 3.8) is 0 Å². The van der Waals surface area contributed by atoms with E-state index >= 15 is 0 Å². The molecule has 0 radical (unpaired) electrons. The number of carbonyl (C=O) groups is 2. The molecule has 1 aromatic carbocycles. The Bertz CT molecular complexity index is 1190. The topological polar surface area (TPSA) is 80.7 Å². The SMILES string of the molecule is COCCN(CC(=O)N1N=C(c2cccs2)C[C@@H]1c1ccc2c(c1)OCO2)C(=O)c1cccs1. The molecule has 4 heterocycles. The molecule has 10 heteroatoms. The van der Waals surface area contributed by atoms with Crippen molar-refractivity contribution in [1.29, 1.82) is 0 Å². The summed E-state index contributed by atoms with van der Waals surface area (Å²) in [5.74, 6) is 0.896. The Morgan fingerprint density at radius 1 is 1.15 bits per heavy atom. The number of hydrazone groups is 1. The number of ether oxygens (including phenoxy) is 3. The summed E-state index contributed by atoms with van der Waals surface area (Å²) in [4.78, 5) is 29.7. The number of benzene rings is 1. The van der Waals surface area contributed by atoms with Gasteiger partial charge in [0.05, 0.1) is 28.1 Å². The van der Waals surface area contributed by atoms with Crippen LogP contribution < -0.4 is 9.47 Å². The molecule has 0 unspecified atom stereocenters. The Balaban J connectivity index is 1.42. The average Bonchev–Trinajstić information content (AvgIpc) is 3.66. The number of thiophene rings is 2. The van der Waals surface area contributed by atoms with E-state index in [2.05, 4.69) is 0 Å². The van der Waals surface area contributed by atoms with Crippen molar-refractivity contribution in [1.82, 2.24) is 9.91 Å². The lowest BCUT2D eigenvalue weighted by molar-refractivity contribution is -0.133. The lowest BCUT2D eigenvalue weighted by Crippen LogP contribution is -2.42. The van der Waals surface area contributed by atoms with Crippen molar-refractivity contribution >= 4 is 40.2 Å². The zero-order valence-electron chi connectivity index (χ0n) is 18.5. The zero-order chi connectivity index (χ0) is 23.5. The number of carbonyl (C=O) groups excluding carboxylic acids is 2. The number of hydrogen-bond acceptors (Lipinski definition) is 8. The molecule has 0 saturated heterocycles. The molecule has 0 N–H and O–H groups in total. The smallest absolute Gasteiger partial charge is 0.264 e. The van der Waals surface area contributed by atoms with Crippen molar-refractivity contribution in [2.45, 2.75) is 12.5 Å². The second kappa shape index (κ2) is 9.96. The first kappa shape index (κ1) is 22.6. The molecule has 0 spiro atoms. The summed E-state index contributed by atoms with van der Waals surface area (Å²) >= 11 is 2.94. The lowest BCUT2D eigenvalue weighted by Gasteiger charge is -2.26. The fourth-order valence-corrected chi connectivity index (χ4v) is 5.37. The highest BCUT2D eigenvalue weighted by atomic mass is 32.1. The Morgan fingerprint density at radius 2 is 1.97 bits per heavy atom. The summed E-state index contributed by atoms with van der Waals surface area (Å²) in [5.41, 5.74) is 1.75. The van der Waals surface area contributed by atoms with E-state index in [0.717, 1.165) is 16.2 Å². The summed E-state index contributed by atoms with van der Waals surface area (Å²) in [6.07, 6.45) is 0.572. The van der Waals surface area contributed by atoms with Crippen molar-refractivity contribution in [2.24, 2.45) is 5.10 Å². The van der Waals surface area contributed by atoms with Crippen LogP contribution in [0.4, 0.5) is 0 Å². The largest absolute Gasteiger partial charge is 0.454 e. The Hall–Kier alpha value is -3.21. The number of nitrogens with zero attached hydrogens (tertiary/aromatic N) is 3. The maximum atomic E-state index is 13.6. The van der Waals surface area contributed by atoms with Gasteiger partial charge in [0.25, 0.3) is 11.8 Å². The summed E-state index contributed by atoms with van der Waals surface area (Å²) < 4.78 is 16.2. The number of fused-ring (bicyclic) bond motifs is 1. The first-order valence-electron chi connectivity index (χ1n) is 10.8. The van der Waals surface area contributed by atoms with Crippen LogP contribution in [0.1, 0.15) is 32.6 Å². The fourth-order valence-electron chi connectivity index (χ4n) is 3.96. The van der Waals surface area contributed by atoms with E-state index in [1.165, 1.54) is 21.2 Å². The van der Waals surface area contributed by atoms with Crippen LogP contribution in [-0.4, -0.2) is 61.0 Å². The summed E-state index contributed by atoms with van der Waals surface area (Å²) in [5, 5.41) is 10.1. The molecule has 0 aliphatic carbocycles. The van der Waals surface area contributed by atoms with Crippen molar-refractivity contribution in [2.75, 3.05) is 33.6 Å². The molecule has 2 aliphatic heterocycles. The van der Waals surface area contributed by atoms with Gasteiger partial charge in [-0.2, -0.15) is 5.10 Å². The van der Waals surface area contributed by atoms with Gasteiger partial charge < -0.3 is 19.1 Å². The first-order chi connectivity index (χ1) is 16.6. The second-order valence-corrected chi connectivity index (χ2v) is 9.69. The molecule has 0 saturated carbocycles. The average molecular weight is 498 g/mol. The van der Waals surface area contributed by atoms with Gasteiger partial charge >= 0.3 is 0 Å². The maximum Gasteiger partial charge on any atom is 0.264 e. The van der Waals surface area contributed by atoms with E-state index in [4.69, 9.17) is 19.3 Å². The first-order valence-corrected chi connectivity index (χ1v) is 12.5. The van der Waals surface area contributed by atoms with E-state index in [1.807, 2.05) is 47.2 Å². The molecule has 2 aromatic heterocycles. The van der Waals surface area contributed by atoms with E-state index < -0.39 is 0 Å². The Kier molecular flexibility index (Phi) is 6.61. The van der Waals surface area contributed by atoms with Gasteiger partial charge in [-0.25, -0.2) is 5.01 Å². The van der Waals surface area contributed by atoms with E-state index in [1.54, 1.807) is 24.5 Å². The second-order valence-electron chi connectivity index (χ2n) is 7.79. The Labute approximate surface area is 205 Å². The number of methoxy groups -OCH3 is 1. The van der Waals surface area contributed by atoms with E-state index in [0.29, 0.717) is 35.9 Å². The van der Waals surface area contributed by atoms with Gasteiger partial charge in [0, 0.05) is 20.1 Å². The molecule has 5 rings (SSSR count). The van der Waals surface area contributed by atoms with Crippen LogP contribution in [0, 0.1) is 0 Å². The molecule has 0 bridgehead atoms. The van der Waals surface area contributed by atoms with E-state index in [-0.39, 0.29) is 31.2 Å². The van der Waals surface area contributed by atoms with Crippen molar-refractivity contribution in [3.05, 3.63) is 68.5 Å². The monoisotopic (exact) mass is 497 g/mol.